The summed E-state index contributed by atoms with van der Waals surface area (Å²) in [6, 6.07) is 10.7. The summed E-state index contributed by atoms with van der Waals surface area (Å²) in [6.07, 6.45) is -0.0966. The van der Waals surface area contributed by atoms with Gasteiger partial charge in [0.15, 0.2) is 0 Å². The van der Waals surface area contributed by atoms with Crippen LogP contribution in [0.5, 0.6) is 0 Å². The Morgan fingerprint density at radius 2 is 1.83 bits per heavy atom. The number of hydrogen-bond donors (Lipinski definition) is 1. The number of benzene rings is 2. The van der Waals surface area contributed by atoms with Crippen LogP contribution in [0.15, 0.2) is 53.4 Å². The Morgan fingerprint density at radius 3 is 2.42 bits per heavy atom. The lowest BCUT2D eigenvalue weighted by molar-refractivity contribution is -0.137. The molecule has 0 aliphatic rings. The minimum absolute atomic E-state index is 0.00788. The Kier molecular flexibility index (Phi) is 5.80. The van der Waals surface area contributed by atoms with Crippen molar-refractivity contribution < 1.29 is 22.7 Å². The predicted molar refractivity (Wildman–Crippen MR) is 89.3 cm³/mol. The third-order valence-electron chi connectivity index (χ3n) is 3.25. The van der Waals surface area contributed by atoms with Gasteiger partial charge in [-0.05, 0) is 48.9 Å². The van der Waals surface area contributed by atoms with Crippen LogP contribution in [0.4, 0.5) is 10.1 Å². The molecule has 2 aromatic carbocycles. The zero-order valence-electron chi connectivity index (χ0n) is 12.5. The highest BCUT2D eigenvalue weighted by Crippen LogP contribution is 2.25. The molecule has 0 amide bonds. The summed E-state index contributed by atoms with van der Waals surface area (Å²) >= 11 is 5.77. The van der Waals surface area contributed by atoms with E-state index in [1.807, 2.05) is 0 Å². The van der Waals surface area contributed by atoms with Gasteiger partial charge in [-0.15, -0.1) is 0 Å². The molecule has 8 heteroatoms. The zero-order valence-corrected chi connectivity index (χ0v) is 14.1. The summed E-state index contributed by atoms with van der Waals surface area (Å²) < 4.78 is 40.2. The second kappa shape index (κ2) is 7.63. The first-order valence-electron chi connectivity index (χ1n) is 7.06. The Balaban J connectivity index is 2.40. The molecule has 0 unspecified atom stereocenters. The van der Waals surface area contributed by atoms with E-state index in [-0.39, 0.29) is 30.0 Å². The standard InChI is InChI=1S/C16H15ClFNO4S/c17-12-6-8-15(9-7-12)24(22,23)19(10-2-5-16(20)21)14-4-1-3-13(18)11-14/h1,3-4,6-9,11H,2,5,10H2,(H,20,21). The van der Waals surface area contributed by atoms with Crippen molar-refractivity contribution >= 4 is 33.3 Å². The number of carboxylic acids is 1. The van der Waals surface area contributed by atoms with Gasteiger partial charge in [-0.1, -0.05) is 17.7 Å². The van der Waals surface area contributed by atoms with Crippen molar-refractivity contribution in [2.75, 3.05) is 10.8 Å². The average Bonchev–Trinajstić information content (AvgIpc) is 2.51. The molecule has 0 aliphatic carbocycles. The van der Waals surface area contributed by atoms with Gasteiger partial charge in [0, 0.05) is 18.0 Å². The molecule has 0 saturated heterocycles. The first-order chi connectivity index (χ1) is 11.3. The summed E-state index contributed by atoms with van der Waals surface area (Å²) in [4.78, 5) is 10.7. The van der Waals surface area contributed by atoms with Crippen LogP contribution in [0.3, 0.4) is 0 Å². The first-order valence-corrected chi connectivity index (χ1v) is 8.88. The number of carbonyl (C=O) groups is 1. The Morgan fingerprint density at radius 1 is 1.17 bits per heavy atom. The van der Waals surface area contributed by atoms with Crippen LogP contribution in [0.25, 0.3) is 0 Å². The van der Waals surface area contributed by atoms with Crippen molar-refractivity contribution in [2.24, 2.45) is 0 Å². The van der Waals surface area contributed by atoms with Crippen LogP contribution in [-0.4, -0.2) is 26.0 Å². The smallest absolute Gasteiger partial charge is 0.303 e. The highest BCUT2D eigenvalue weighted by atomic mass is 35.5. The van der Waals surface area contributed by atoms with Crippen molar-refractivity contribution in [3.05, 3.63) is 59.4 Å². The molecule has 0 aromatic heterocycles. The number of aliphatic carboxylic acids is 1. The highest BCUT2D eigenvalue weighted by Gasteiger charge is 2.25. The summed E-state index contributed by atoms with van der Waals surface area (Å²) in [6.45, 7) is -0.0826. The average molecular weight is 372 g/mol. The van der Waals surface area contributed by atoms with Crippen LogP contribution in [-0.2, 0) is 14.8 Å². The minimum atomic E-state index is -3.97. The molecule has 0 spiro atoms. The fourth-order valence-electron chi connectivity index (χ4n) is 2.13. The summed E-state index contributed by atoms with van der Waals surface area (Å²) in [5, 5.41) is 9.14. The monoisotopic (exact) mass is 371 g/mol. The fraction of sp³-hybridized carbons (Fsp3) is 0.188. The van der Waals surface area contributed by atoms with E-state index in [4.69, 9.17) is 16.7 Å². The lowest BCUT2D eigenvalue weighted by atomic mass is 10.3. The molecule has 0 aliphatic heterocycles. The molecule has 0 heterocycles. The maximum absolute atomic E-state index is 13.5. The van der Waals surface area contributed by atoms with E-state index in [2.05, 4.69) is 0 Å². The summed E-state index contributed by atoms with van der Waals surface area (Å²) in [7, 11) is -3.97. The van der Waals surface area contributed by atoms with Crippen molar-refractivity contribution in [3.63, 3.8) is 0 Å². The number of carboxylic acid groups (broad SMARTS) is 1. The molecule has 24 heavy (non-hydrogen) atoms. The lowest BCUT2D eigenvalue weighted by Gasteiger charge is -2.24. The molecule has 2 rings (SSSR count). The van der Waals surface area contributed by atoms with Gasteiger partial charge in [0.2, 0.25) is 0 Å². The molecule has 5 nitrogen and oxygen atoms in total. The summed E-state index contributed by atoms with van der Waals surface area (Å²) in [5.74, 6) is -1.61. The zero-order chi connectivity index (χ0) is 17.7. The van der Waals surface area contributed by atoms with E-state index in [1.54, 1.807) is 0 Å². The minimum Gasteiger partial charge on any atom is -0.481 e. The molecule has 0 radical (unpaired) electrons. The number of sulfonamides is 1. The number of halogens is 2. The van der Waals surface area contributed by atoms with E-state index < -0.39 is 21.8 Å². The molecular formula is C16H15ClFNO4S. The Labute approximate surface area is 144 Å². The van der Waals surface area contributed by atoms with Crippen molar-refractivity contribution in [1.82, 2.24) is 0 Å². The van der Waals surface area contributed by atoms with Gasteiger partial charge >= 0.3 is 5.97 Å². The number of anilines is 1. The Bertz CT molecular complexity index is 824. The first kappa shape index (κ1) is 18.2. The second-order valence-corrected chi connectivity index (χ2v) is 7.31. The van der Waals surface area contributed by atoms with Crippen LogP contribution >= 0.6 is 11.6 Å². The van der Waals surface area contributed by atoms with Crippen LogP contribution in [0.2, 0.25) is 5.02 Å². The van der Waals surface area contributed by atoms with Gasteiger partial charge in [-0.25, -0.2) is 12.8 Å². The van der Waals surface area contributed by atoms with Crippen LogP contribution < -0.4 is 4.31 Å². The third-order valence-corrected chi connectivity index (χ3v) is 5.34. The van der Waals surface area contributed by atoms with Gasteiger partial charge in [0.25, 0.3) is 10.0 Å². The number of rotatable bonds is 7. The SMILES string of the molecule is O=C(O)CCCN(c1cccc(F)c1)S(=O)(=O)c1ccc(Cl)cc1. The molecular weight excluding hydrogens is 357 g/mol. The van der Waals surface area contributed by atoms with Crippen molar-refractivity contribution in [3.8, 4) is 0 Å². The van der Waals surface area contributed by atoms with Gasteiger partial charge in [0.1, 0.15) is 5.82 Å². The van der Waals surface area contributed by atoms with Gasteiger partial charge in [-0.2, -0.15) is 0 Å². The molecule has 128 valence electrons. The van der Waals surface area contributed by atoms with Crippen molar-refractivity contribution in [1.29, 1.82) is 0 Å². The maximum Gasteiger partial charge on any atom is 0.303 e. The topological polar surface area (TPSA) is 74.7 Å². The van der Waals surface area contributed by atoms with E-state index in [9.17, 15) is 17.6 Å². The summed E-state index contributed by atoms with van der Waals surface area (Å²) in [5.41, 5.74) is 0.135. The predicted octanol–water partition coefficient (Wildman–Crippen LogP) is 3.54. The fourth-order valence-corrected chi connectivity index (χ4v) is 3.75. The normalized spacial score (nSPS) is 11.2. The largest absolute Gasteiger partial charge is 0.481 e. The van der Waals surface area contributed by atoms with Crippen LogP contribution in [0.1, 0.15) is 12.8 Å². The number of nitrogens with zero attached hydrogens (tertiary/aromatic N) is 1. The van der Waals surface area contributed by atoms with E-state index in [0.29, 0.717) is 5.02 Å². The van der Waals surface area contributed by atoms with E-state index in [0.717, 1.165) is 10.4 Å². The Hall–Kier alpha value is -2.12. The maximum atomic E-state index is 13.5. The van der Waals surface area contributed by atoms with Gasteiger partial charge in [0.05, 0.1) is 10.6 Å². The molecule has 0 saturated carbocycles. The van der Waals surface area contributed by atoms with E-state index >= 15 is 0 Å². The lowest BCUT2D eigenvalue weighted by Crippen LogP contribution is -2.32. The van der Waals surface area contributed by atoms with Crippen molar-refractivity contribution in [2.45, 2.75) is 17.7 Å². The molecule has 1 N–H and O–H groups in total. The second-order valence-electron chi connectivity index (χ2n) is 5.01. The number of hydrogen-bond acceptors (Lipinski definition) is 3. The van der Waals surface area contributed by atoms with Gasteiger partial charge < -0.3 is 5.11 Å². The molecule has 0 fully saturated rings. The molecule has 0 bridgehead atoms. The van der Waals surface area contributed by atoms with Crippen LogP contribution in [0, 0.1) is 5.82 Å². The molecule has 0 atom stereocenters. The highest BCUT2D eigenvalue weighted by molar-refractivity contribution is 7.92. The van der Waals surface area contributed by atoms with Gasteiger partial charge in [-0.3, -0.25) is 9.10 Å². The van der Waals surface area contributed by atoms with E-state index in [1.165, 1.54) is 42.5 Å². The quantitative estimate of drug-likeness (QED) is 0.807. The molecule has 2 aromatic rings. The third kappa shape index (κ3) is 4.46.